The Morgan fingerprint density at radius 1 is 1.03 bits per heavy atom. The molecule has 0 aliphatic carbocycles. The number of carbonyl (C=O) groups excluding carboxylic acids is 1. The molecular weight excluding hydrogens is 492 g/mol. The second kappa shape index (κ2) is 10.1. The van der Waals surface area contributed by atoms with Gasteiger partial charge < -0.3 is 19.1 Å². The molecule has 2 aromatic heterocycles. The quantitative estimate of drug-likeness (QED) is 0.399. The van der Waals surface area contributed by atoms with E-state index < -0.39 is 10.0 Å². The van der Waals surface area contributed by atoms with Gasteiger partial charge in [-0.25, -0.2) is 18.4 Å². The number of hydrogen-bond acceptors (Lipinski definition) is 7. The molecule has 192 valence electrons. The number of piperazine rings is 1. The highest BCUT2D eigenvalue weighted by molar-refractivity contribution is 7.92. The monoisotopic (exact) mass is 520 g/mol. The fourth-order valence-corrected chi connectivity index (χ4v) is 5.57. The van der Waals surface area contributed by atoms with Crippen molar-refractivity contribution in [3.05, 3.63) is 72.8 Å². The smallest absolute Gasteiger partial charge is 0.263 e. The standard InChI is InChI=1S/C26H28N6O4S/c1-19-15-20-16-22(36-2)5-8-24(20)32(19)17-26(33)31-13-11-30(12-14-31)21-3-6-23(7-4-21)37(34,35)29-25-9-10-27-18-28-25/h3-10,15-16,18H,11-14,17H2,1-2H3,(H,27,28,29). The van der Waals surface area contributed by atoms with Crippen LogP contribution in [0.2, 0.25) is 0 Å². The molecule has 2 aromatic carbocycles. The van der Waals surface area contributed by atoms with Gasteiger partial charge in [0.05, 0.1) is 12.0 Å². The van der Waals surface area contributed by atoms with E-state index in [0.717, 1.165) is 28.0 Å². The van der Waals surface area contributed by atoms with Gasteiger partial charge in [0.1, 0.15) is 24.4 Å². The summed E-state index contributed by atoms with van der Waals surface area (Å²) in [7, 11) is -2.11. The first-order chi connectivity index (χ1) is 17.8. The van der Waals surface area contributed by atoms with Gasteiger partial charge >= 0.3 is 0 Å². The van der Waals surface area contributed by atoms with E-state index in [-0.39, 0.29) is 23.2 Å². The fourth-order valence-electron chi connectivity index (χ4n) is 4.56. The van der Waals surface area contributed by atoms with Crippen molar-refractivity contribution in [2.24, 2.45) is 0 Å². The lowest BCUT2D eigenvalue weighted by Crippen LogP contribution is -2.49. The van der Waals surface area contributed by atoms with Gasteiger partial charge in [0.2, 0.25) is 5.91 Å². The van der Waals surface area contributed by atoms with Gasteiger partial charge in [0.15, 0.2) is 0 Å². The fraction of sp³-hybridized carbons (Fsp3) is 0.269. The maximum Gasteiger partial charge on any atom is 0.263 e. The molecule has 1 saturated heterocycles. The van der Waals surface area contributed by atoms with Crippen molar-refractivity contribution in [2.45, 2.75) is 18.4 Å². The predicted octanol–water partition coefficient (Wildman–Crippen LogP) is 2.90. The van der Waals surface area contributed by atoms with Crippen molar-refractivity contribution in [3.63, 3.8) is 0 Å². The molecule has 0 unspecified atom stereocenters. The highest BCUT2D eigenvalue weighted by atomic mass is 32.2. The second-order valence-corrected chi connectivity index (χ2v) is 10.5. The van der Waals surface area contributed by atoms with Crippen LogP contribution < -0.4 is 14.4 Å². The molecule has 0 radical (unpaired) electrons. The van der Waals surface area contributed by atoms with Crippen molar-refractivity contribution in [3.8, 4) is 5.75 Å². The molecule has 5 rings (SSSR count). The van der Waals surface area contributed by atoms with E-state index in [1.54, 1.807) is 31.4 Å². The van der Waals surface area contributed by atoms with E-state index in [4.69, 9.17) is 4.74 Å². The third kappa shape index (κ3) is 5.21. The summed E-state index contributed by atoms with van der Waals surface area (Å²) < 4.78 is 35.1. The highest BCUT2D eigenvalue weighted by Crippen LogP contribution is 2.25. The zero-order chi connectivity index (χ0) is 26.0. The van der Waals surface area contributed by atoms with Gasteiger partial charge in [0.25, 0.3) is 10.0 Å². The Hall–Kier alpha value is -4.12. The van der Waals surface area contributed by atoms with Crippen molar-refractivity contribution in [2.75, 3.05) is 42.9 Å². The van der Waals surface area contributed by atoms with Crippen LogP contribution in [0.5, 0.6) is 5.75 Å². The second-order valence-electron chi connectivity index (χ2n) is 8.86. The number of hydrogen-bond donors (Lipinski definition) is 1. The molecule has 1 aliphatic heterocycles. The van der Waals surface area contributed by atoms with Gasteiger partial charge in [-0.15, -0.1) is 0 Å². The summed E-state index contributed by atoms with van der Waals surface area (Å²) in [5.74, 6) is 1.08. The van der Waals surface area contributed by atoms with Gasteiger partial charge in [-0.05, 0) is 61.5 Å². The molecule has 4 aromatic rings. The minimum absolute atomic E-state index is 0.0771. The van der Waals surface area contributed by atoms with Crippen LogP contribution in [0.3, 0.4) is 0 Å². The zero-order valence-electron chi connectivity index (χ0n) is 20.7. The normalized spacial score (nSPS) is 14.1. The number of aromatic nitrogens is 3. The van der Waals surface area contributed by atoms with Gasteiger partial charge in [-0.1, -0.05) is 0 Å². The number of nitrogens with one attached hydrogen (secondary N) is 1. The van der Waals surface area contributed by atoms with E-state index in [1.165, 1.54) is 18.6 Å². The largest absolute Gasteiger partial charge is 0.497 e. The van der Waals surface area contributed by atoms with Gasteiger partial charge in [-0.3, -0.25) is 9.52 Å². The zero-order valence-corrected chi connectivity index (χ0v) is 21.5. The molecular formula is C26H28N6O4S. The number of anilines is 2. The minimum Gasteiger partial charge on any atom is -0.497 e. The molecule has 10 nitrogen and oxygen atoms in total. The summed E-state index contributed by atoms with van der Waals surface area (Å²) in [6, 6.07) is 16.1. The predicted molar refractivity (Wildman–Crippen MR) is 141 cm³/mol. The van der Waals surface area contributed by atoms with E-state index in [0.29, 0.717) is 26.2 Å². The lowest BCUT2D eigenvalue weighted by Gasteiger charge is -2.36. The van der Waals surface area contributed by atoms with Crippen LogP contribution >= 0.6 is 0 Å². The number of nitrogens with zero attached hydrogens (tertiary/aromatic N) is 5. The summed E-state index contributed by atoms with van der Waals surface area (Å²) in [6.07, 6.45) is 2.75. The first-order valence-corrected chi connectivity index (χ1v) is 13.4. The SMILES string of the molecule is COc1ccc2c(c1)cc(C)n2CC(=O)N1CCN(c2ccc(S(=O)(=O)Nc3ccncn3)cc2)CC1. The average Bonchev–Trinajstić information content (AvgIpc) is 3.22. The van der Waals surface area contributed by atoms with E-state index >= 15 is 0 Å². The number of methoxy groups -OCH3 is 1. The Morgan fingerprint density at radius 2 is 1.78 bits per heavy atom. The Kier molecular flexibility index (Phi) is 6.70. The topological polar surface area (TPSA) is 110 Å². The van der Waals surface area contributed by atoms with Crippen molar-refractivity contribution >= 4 is 38.3 Å². The Bertz CT molecular complexity index is 1510. The maximum absolute atomic E-state index is 13.1. The molecule has 0 atom stereocenters. The van der Waals surface area contributed by atoms with Gasteiger partial charge in [0, 0.05) is 54.7 Å². The van der Waals surface area contributed by atoms with E-state index in [1.807, 2.05) is 34.6 Å². The summed E-state index contributed by atoms with van der Waals surface area (Å²) in [5.41, 5.74) is 2.95. The number of benzene rings is 2. The molecule has 0 spiro atoms. The maximum atomic E-state index is 13.1. The van der Waals surface area contributed by atoms with Crippen LogP contribution in [-0.2, 0) is 21.4 Å². The van der Waals surface area contributed by atoms with Crippen LogP contribution in [0.4, 0.5) is 11.5 Å². The lowest BCUT2D eigenvalue weighted by molar-refractivity contribution is -0.132. The van der Waals surface area contributed by atoms with Gasteiger partial charge in [-0.2, -0.15) is 0 Å². The number of ether oxygens (including phenoxy) is 1. The minimum atomic E-state index is -3.75. The van der Waals surface area contributed by atoms with Crippen LogP contribution in [0.1, 0.15) is 5.69 Å². The molecule has 1 fully saturated rings. The van der Waals surface area contributed by atoms with E-state index in [2.05, 4.69) is 25.7 Å². The number of sulfonamides is 1. The van der Waals surface area contributed by atoms with Crippen LogP contribution in [-0.4, -0.2) is 67.0 Å². The Balaban J connectivity index is 1.20. The number of rotatable bonds is 7. The molecule has 37 heavy (non-hydrogen) atoms. The Labute approximate surface area is 215 Å². The summed E-state index contributed by atoms with van der Waals surface area (Å²) >= 11 is 0. The van der Waals surface area contributed by atoms with Crippen LogP contribution in [0.25, 0.3) is 10.9 Å². The molecule has 3 heterocycles. The average molecular weight is 521 g/mol. The third-order valence-electron chi connectivity index (χ3n) is 6.57. The summed E-state index contributed by atoms with van der Waals surface area (Å²) in [5, 5.41) is 1.05. The Morgan fingerprint density at radius 3 is 2.46 bits per heavy atom. The number of amides is 1. The first kappa shape index (κ1) is 24.6. The molecule has 0 bridgehead atoms. The highest BCUT2D eigenvalue weighted by Gasteiger charge is 2.23. The molecule has 1 N–H and O–H groups in total. The number of fused-ring (bicyclic) bond motifs is 1. The first-order valence-electron chi connectivity index (χ1n) is 11.9. The van der Waals surface area contributed by atoms with Crippen molar-refractivity contribution in [1.82, 2.24) is 19.4 Å². The van der Waals surface area contributed by atoms with Crippen molar-refractivity contribution < 1.29 is 17.9 Å². The van der Waals surface area contributed by atoms with Crippen molar-refractivity contribution in [1.29, 1.82) is 0 Å². The number of aryl methyl sites for hydroxylation is 1. The summed E-state index contributed by atoms with van der Waals surface area (Å²) in [6.45, 7) is 4.82. The third-order valence-corrected chi connectivity index (χ3v) is 7.95. The summed E-state index contributed by atoms with van der Waals surface area (Å²) in [4.78, 5) is 25.0. The molecule has 1 amide bonds. The van der Waals surface area contributed by atoms with E-state index in [9.17, 15) is 13.2 Å². The lowest BCUT2D eigenvalue weighted by atomic mass is 10.2. The number of carbonyl (C=O) groups is 1. The van der Waals surface area contributed by atoms with Crippen LogP contribution in [0, 0.1) is 6.92 Å². The molecule has 11 heteroatoms. The molecule has 0 saturated carbocycles. The van der Waals surface area contributed by atoms with Crippen LogP contribution in [0.15, 0.2) is 72.0 Å². The molecule has 1 aliphatic rings.